The first-order valence-corrected chi connectivity index (χ1v) is 7.71. The van der Waals surface area contributed by atoms with Crippen LogP contribution in [0.25, 0.3) is 0 Å². The van der Waals surface area contributed by atoms with Crippen molar-refractivity contribution >= 4 is 10.0 Å². The standard InChI is InChI=1S/C15H16FNO2S/c1-11-3-9-15(10-4-11)20(18,19)17-12(2)13-5-7-14(16)8-6-13/h3-10,12,17H,1-2H3. The second kappa shape index (κ2) is 5.73. The molecular formula is C15H16FNO2S. The van der Waals surface area contributed by atoms with Crippen LogP contribution in [0.15, 0.2) is 53.4 Å². The SMILES string of the molecule is Cc1ccc(S(=O)(=O)NC(C)c2ccc(F)cc2)cc1. The van der Waals surface area contributed by atoms with Crippen LogP contribution in [0.4, 0.5) is 4.39 Å². The first-order chi connectivity index (χ1) is 9.38. The number of halogens is 1. The van der Waals surface area contributed by atoms with Crippen molar-refractivity contribution in [1.29, 1.82) is 0 Å². The summed E-state index contributed by atoms with van der Waals surface area (Å²) in [5.41, 5.74) is 1.71. The lowest BCUT2D eigenvalue weighted by Gasteiger charge is -2.14. The molecular weight excluding hydrogens is 277 g/mol. The average Bonchev–Trinajstić information content (AvgIpc) is 2.39. The Balaban J connectivity index is 2.19. The molecule has 0 aliphatic heterocycles. The molecule has 2 aromatic carbocycles. The number of sulfonamides is 1. The molecule has 0 aromatic heterocycles. The van der Waals surface area contributed by atoms with Crippen molar-refractivity contribution in [3.8, 4) is 0 Å². The maximum atomic E-state index is 12.9. The van der Waals surface area contributed by atoms with E-state index in [2.05, 4.69) is 4.72 Å². The highest BCUT2D eigenvalue weighted by Gasteiger charge is 2.18. The van der Waals surface area contributed by atoms with Gasteiger partial charge >= 0.3 is 0 Å². The van der Waals surface area contributed by atoms with Gasteiger partial charge in [-0.05, 0) is 43.7 Å². The Morgan fingerprint density at radius 1 is 1.00 bits per heavy atom. The van der Waals surface area contributed by atoms with Gasteiger partial charge in [0.25, 0.3) is 0 Å². The van der Waals surface area contributed by atoms with E-state index >= 15 is 0 Å². The third kappa shape index (κ3) is 3.43. The van der Waals surface area contributed by atoms with Crippen molar-refractivity contribution in [2.75, 3.05) is 0 Å². The summed E-state index contributed by atoms with van der Waals surface area (Å²) in [6.07, 6.45) is 0. The molecule has 0 aliphatic rings. The fourth-order valence-electron chi connectivity index (χ4n) is 1.84. The first kappa shape index (κ1) is 14.7. The van der Waals surface area contributed by atoms with Gasteiger partial charge in [0.05, 0.1) is 4.90 Å². The Morgan fingerprint density at radius 3 is 2.10 bits per heavy atom. The predicted octanol–water partition coefficient (Wildman–Crippen LogP) is 3.17. The minimum absolute atomic E-state index is 0.220. The number of benzene rings is 2. The third-order valence-corrected chi connectivity index (χ3v) is 4.59. The van der Waals surface area contributed by atoms with Crippen molar-refractivity contribution < 1.29 is 12.8 Å². The molecule has 0 heterocycles. The molecule has 0 aliphatic carbocycles. The third-order valence-electron chi connectivity index (χ3n) is 3.03. The van der Waals surface area contributed by atoms with E-state index in [4.69, 9.17) is 0 Å². The Hall–Kier alpha value is -1.72. The van der Waals surface area contributed by atoms with Crippen LogP contribution in [-0.4, -0.2) is 8.42 Å². The summed E-state index contributed by atoms with van der Waals surface area (Å²) in [7, 11) is -3.58. The van der Waals surface area contributed by atoms with Gasteiger partial charge in [0, 0.05) is 6.04 Å². The second-order valence-corrected chi connectivity index (χ2v) is 6.42. The first-order valence-electron chi connectivity index (χ1n) is 6.23. The van der Waals surface area contributed by atoms with Crippen LogP contribution in [0.1, 0.15) is 24.1 Å². The van der Waals surface area contributed by atoms with Gasteiger partial charge in [-0.3, -0.25) is 0 Å². The summed E-state index contributed by atoms with van der Waals surface area (Å²) < 4.78 is 39.8. The monoisotopic (exact) mass is 293 g/mol. The van der Waals surface area contributed by atoms with E-state index in [-0.39, 0.29) is 10.7 Å². The number of hydrogen-bond acceptors (Lipinski definition) is 2. The molecule has 2 rings (SSSR count). The van der Waals surface area contributed by atoms with Crippen LogP contribution in [-0.2, 0) is 10.0 Å². The fourth-order valence-corrected chi connectivity index (χ4v) is 3.07. The van der Waals surface area contributed by atoms with Gasteiger partial charge in [0.15, 0.2) is 0 Å². The quantitative estimate of drug-likeness (QED) is 0.941. The van der Waals surface area contributed by atoms with E-state index < -0.39 is 16.1 Å². The maximum Gasteiger partial charge on any atom is 0.241 e. The molecule has 0 bridgehead atoms. The van der Waals surface area contributed by atoms with Crippen LogP contribution in [0.5, 0.6) is 0 Å². The molecule has 106 valence electrons. The topological polar surface area (TPSA) is 46.2 Å². The molecule has 0 saturated carbocycles. The van der Waals surface area contributed by atoms with Gasteiger partial charge in [-0.1, -0.05) is 29.8 Å². The zero-order valence-electron chi connectivity index (χ0n) is 11.3. The Bertz CT molecular complexity index is 679. The van der Waals surface area contributed by atoms with Gasteiger partial charge in [0.2, 0.25) is 10.0 Å². The van der Waals surface area contributed by atoms with Crippen LogP contribution < -0.4 is 4.72 Å². The lowest BCUT2D eigenvalue weighted by Crippen LogP contribution is -2.26. The molecule has 3 nitrogen and oxygen atoms in total. The van der Waals surface area contributed by atoms with Crippen molar-refractivity contribution in [3.05, 3.63) is 65.5 Å². The molecule has 0 saturated heterocycles. The molecule has 1 atom stereocenters. The predicted molar refractivity (Wildman–Crippen MR) is 76.3 cm³/mol. The molecule has 0 fully saturated rings. The zero-order chi connectivity index (χ0) is 14.8. The largest absolute Gasteiger partial charge is 0.241 e. The molecule has 0 radical (unpaired) electrons. The fraction of sp³-hybridized carbons (Fsp3) is 0.200. The van der Waals surface area contributed by atoms with Gasteiger partial charge < -0.3 is 0 Å². The highest BCUT2D eigenvalue weighted by Crippen LogP contribution is 2.17. The summed E-state index contributed by atoms with van der Waals surface area (Å²) in [4.78, 5) is 0.220. The number of rotatable bonds is 4. The molecule has 1 unspecified atom stereocenters. The van der Waals surface area contributed by atoms with Crippen molar-refractivity contribution in [2.24, 2.45) is 0 Å². The van der Waals surface area contributed by atoms with E-state index in [0.29, 0.717) is 5.56 Å². The number of nitrogens with one attached hydrogen (secondary N) is 1. The minimum atomic E-state index is -3.58. The van der Waals surface area contributed by atoms with Crippen molar-refractivity contribution in [3.63, 3.8) is 0 Å². The van der Waals surface area contributed by atoms with Crippen LogP contribution in [0.2, 0.25) is 0 Å². The van der Waals surface area contributed by atoms with Gasteiger partial charge in [-0.15, -0.1) is 0 Å². The summed E-state index contributed by atoms with van der Waals surface area (Å²) in [5.74, 6) is -0.345. The van der Waals surface area contributed by atoms with Crippen LogP contribution in [0.3, 0.4) is 0 Å². The zero-order valence-corrected chi connectivity index (χ0v) is 12.1. The summed E-state index contributed by atoms with van der Waals surface area (Å²) >= 11 is 0. The average molecular weight is 293 g/mol. The molecule has 2 aromatic rings. The number of aryl methyl sites for hydroxylation is 1. The second-order valence-electron chi connectivity index (χ2n) is 4.71. The highest BCUT2D eigenvalue weighted by molar-refractivity contribution is 7.89. The number of hydrogen-bond donors (Lipinski definition) is 1. The smallest absolute Gasteiger partial charge is 0.207 e. The van der Waals surface area contributed by atoms with Crippen LogP contribution >= 0.6 is 0 Å². The Kier molecular flexibility index (Phi) is 4.20. The van der Waals surface area contributed by atoms with Gasteiger partial charge in [0.1, 0.15) is 5.82 Å². The summed E-state index contributed by atoms with van der Waals surface area (Å²) in [6.45, 7) is 3.62. The Labute approximate surface area is 118 Å². The molecule has 1 N–H and O–H groups in total. The lowest BCUT2D eigenvalue weighted by molar-refractivity contribution is 0.566. The summed E-state index contributed by atoms with van der Waals surface area (Å²) in [6, 6.07) is 12.0. The van der Waals surface area contributed by atoms with Crippen LogP contribution in [0, 0.1) is 12.7 Å². The van der Waals surface area contributed by atoms with E-state index in [1.165, 1.54) is 12.1 Å². The highest BCUT2D eigenvalue weighted by atomic mass is 32.2. The van der Waals surface area contributed by atoms with Crippen molar-refractivity contribution in [1.82, 2.24) is 4.72 Å². The molecule has 5 heteroatoms. The van der Waals surface area contributed by atoms with E-state index in [1.54, 1.807) is 43.3 Å². The molecule has 20 heavy (non-hydrogen) atoms. The minimum Gasteiger partial charge on any atom is -0.207 e. The maximum absolute atomic E-state index is 12.9. The van der Waals surface area contributed by atoms with Gasteiger partial charge in [-0.2, -0.15) is 0 Å². The van der Waals surface area contributed by atoms with E-state index in [9.17, 15) is 12.8 Å². The van der Waals surface area contributed by atoms with Gasteiger partial charge in [-0.25, -0.2) is 17.5 Å². The molecule has 0 spiro atoms. The normalized spacial score (nSPS) is 13.2. The summed E-state index contributed by atoms with van der Waals surface area (Å²) in [5, 5.41) is 0. The molecule has 0 amide bonds. The van der Waals surface area contributed by atoms with E-state index in [0.717, 1.165) is 5.56 Å². The Morgan fingerprint density at radius 2 is 1.55 bits per heavy atom. The van der Waals surface area contributed by atoms with Crippen molar-refractivity contribution in [2.45, 2.75) is 24.8 Å². The van der Waals surface area contributed by atoms with E-state index in [1.807, 2.05) is 6.92 Å². The lowest BCUT2D eigenvalue weighted by atomic mass is 10.1.